The van der Waals surface area contributed by atoms with Gasteiger partial charge >= 0.3 is 0 Å². The molecule has 4 rings (SSSR count). The summed E-state index contributed by atoms with van der Waals surface area (Å²) >= 11 is 1.64. The van der Waals surface area contributed by atoms with Gasteiger partial charge in [-0.25, -0.2) is 4.98 Å². The zero-order chi connectivity index (χ0) is 22.8. The van der Waals surface area contributed by atoms with Gasteiger partial charge in [0.05, 0.1) is 16.4 Å². The van der Waals surface area contributed by atoms with Gasteiger partial charge in [0.25, 0.3) is 5.91 Å². The average molecular weight is 450 g/mol. The summed E-state index contributed by atoms with van der Waals surface area (Å²) in [4.78, 5) is 31.8. The van der Waals surface area contributed by atoms with Crippen LogP contribution in [0.15, 0.2) is 35.7 Å². The second-order valence-electron chi connectivity index (χ2n) is 8.15. The Bertz CT molecular complexity index is 1160. The minimum atomic E-state index is -0.245. The Labute approximate surface area is 192 Å². The summed E-state index contributed by atoms with van der Waals surface area (Å²) < 4.78 is 5.61. The third kappa shape index (κ3) is 4.53. The maximum Gasteiger partial charge on any atom is 0.265 e. The number of hydrogen-bond donors (Lipinski definition) is 1. The lowest BCUT2D eigenvalue weighted by molar-refractivity contribution is -0.123. The normalized spacial score (nSPS) is 13.0. The third-order valence-electron chi connectivity index (χ3n) is 5.46. The number of nitrogens with one attached hydrogen (secondary N) is 1. The number of thiazole rings is 1. The van der Waals surface area contributed by atoms with E-state index in [2.05, 4.69) is 12.2 Å². The Kier molecular flexibility index (Phi) is 6.28. The number of nitrogens with zero attached hydrogens (tertiary/aromatic N) is 2. The molecule has 0 radical (unpaired) electrons. The fourth-order valence-corrected chi connectivity index (χ4v) is 4.92. The quantitative estimate of drug-likeness (QED) is 0.572. The maximum atomic E-state index is 12.9. The first-order valence-corrected chi connectivity index (χ1v) is 11.6. The number of carbonyl (C=O) groups excluding carboxylic acids is 2. The van der Waals surface area contributed by atoms with Crippen molar-refractivity contribution in [2.45, 2.75) is 40.5 Å². The zero-order valence-corrected chi connectivity index (χ0v) is 19.6. The van der Waals surface area contributed by atoms with Gasteiger partial charge in [0.15, 0.2) is 6.61 Å². The van der Waals surface area contributed by atoms with E-state index in [0.717, 1.165) is 51.5 Å². The van der Waals surface area contributed by atoms with E-state index in [1.54, 1.807) is 11.3 Å². The molecule has 1 N–H and O–H groups in total. The molecule has 1 aliphatic rings. The average Bonchev–Trinajstić information content (AvgIpc) is 3.21. The van der Waals surface area contributed by atoms with Crippen LogP contribution in [0.4, 0.5) is 11.4 Å². The topological polar surface area (TPSA) is 71.5 Å². The second kappa shape index (κ2) is 9.12. The standard InChI is InChI=1S/C25H27N3O3S/c1-5-6-23-26-19(14-32-23)18-7-8-21-20(11-18)28(24(30)13-31-21)12-22(29)27-25-16(3)9-15(2)10-17(25)4/h7-11,14H,5-6,12-13H2,1-4H3,(H,27,29). The van der Waals surface area contributed by atoms with Crippen LogP contribution in [0.25, 0.3) is 11.3 Å². The number of benzene rings is 2. The Morgan fingerprint density at radius 1 is 1.19 bits per heavy atom. The minimum absolute atomic E-state index is 0.0798. The summed E-state index contributed by atoms with van der Waals surface area (Å²) in [5.41, 5.74) is 6.30. The van der Waals surface area contributed by atoms with Crippen molar-refractivity contribution in [2.24, 2.45) is 0 Å². The fraction of sp³-hybridized carbons (Fsp3) is 0.320. The molecule has 1 aromatic heterocycles. The van der Waals surface area contributed by atoms with Crippen molar-refractivity contribution < 1.29 is 14.3 Å². The fourth-order valence-electron chi connectivity index (χ4n) is 4.01. The van der Waals surface area contributed by atoms with E-state index in [9.17, 15) is 9.59 Å². The molecule has 0 aliphatic carbocycles. The summed E-state index contributed by atoms with van der Waals surface area (Å²) in [5, 5.41) is 6.10. The number of aryl methyl sites for hydroxylation is 4. The molecule has 2 heterocycles. The van der Waals surface area contributed by atoms with Gasteiger partial charge in [-0.2, -0.15) is 0 Å². The summed E-state index contributed by atoms with van der Waals surface area (Å²) in [7, 11) is 0. The van der Waals surface area contributed by atoms with Crippen LogP contribution >= 0.6 is 11.3 Å². The molecule has 2 aromatic carbocycles. The molecule has 0 bridgehead atoms. The van der Waals surface area contributed by atoms with Gasteiger partial charge in [-0.05, 0) is 62.9 Å². The first kappa shape index (κ1) is 22.0. The number of amides is 2. The van der Waals surface area contributed by atoms with Gasteiger partial charge in [0.1, 0.15) is 12.3 Å². The molecule has 32 heavy (non-hydrogen) atoms. The summed E-state index contributed by atoms with van der Waals surface area (Å²) in [6.45, 7) is 7.93. The van der Waals surface area contributed by atoms with E-state index in [1.165, 1.54) is 4.90 Å². The van der Waals surface area contributed by atoms with Gasteiger partial charge in [-0.15, -0.1) is 11.3 Å². The predicted octanol–water partition coefficient (Wildman–Crippen LogP) is 5.05. The molecular weight excluding hydrogens is 422 g/mol. The van der Waals surface area contributed by atoms with Gasteiger partial charge in [-0.1, -0.05) is 24.6 Å². The van der Waals surface area contributed by atoms with Crippen molar-refractivity contribution in [1.29, 1.82) is 0 Å². The monoisotopic (exact) mass is 449 g/mol. The van der Waals surface area contributed by atoms with Crippen LogP contribution in [-0.4, -0.2) is 29.9 Å². The molecular formula is C25H27N3O3S. The molecule has 3 aromatic rings. The van der Waals surface area contributed by atoms with E-state index >= 15 is 0 Å². The van der Waals surface area contributed by atoms with Gasteiger partial charge < -0.3 is 10.1 Å². The number of hydrogen-bond acceptors (Lipinski definition) is 5. The van der Waals surface area contributed by atoms with Gasteiger partial charge in [-0.3, -0.25) is 14.5 Å². The lowest BCUT2D eigenvalue weighted by Gasteiger charge is -2.29. The maximum absolute atomic E-state index is 12.9. The summed E-state index contributed by atoms with van der Waals surface area (Å²) in [6.07, 6.45) is 1.99. The lowest BCUT2D eigenvalue weighted by Crippen LogP contribution is -2.43. The van der Waals surface area contributed by atoms with Crippen molar-refractivity contribution in [3.05, 3.63) is 57.4 Å². The number of aromatic nitrogens is 1. The molecule has 6 nitrogen and oxygen atoms in total. The number of rotatable bonds is 6. The molecule has 0 unspecified atom stereocenters. The summed E-state index contributed by atoms with van der Waals surface area (Å²) in [6, 6.07) is 9.73. The van der Waals surface area contributed by atoms with Crippen LogP contribution in [0.3, 0.4) is 0 Å². The number of fused-ring (bicyclic) bond motifs is 1. The molecule has 0 saturated carbocycles. The van der Waals surface area contributed by atoms with E-state index in [0.29, 0.717) is 11.4 Å². The zero-order valence-electron chi connectivity index (χ0n) is 18.8. The molecule has 0 spiro atoms. The number of carbonyl (C=O) groups is 2. The number of anilines is 2. The molecule has 0 saturated heterocycles. The molecule has 2 amide bonds. The van der Waals surface area contributed by atoms with Crippen LogP contribution in [0, 0.1) is 20.8 Å². The molecule has 7 heteroatoms. The number of ether oxygens (including phenoxy) is 1. The second-order valence-corrected chi connectivity index (χ2v) is 9.09. The Morgan fingerprint density at radius 2 is 1.94 bits per heavy atom. The van der Waals surface area contributed by atoms with E-state index in [1.807, 2.05) is 56.5 Å². The van der Waals surface area contributed by atoms with Crippen LogP contribution in [-0.2, 0) is 16.0 Å². The van der Waals surface area contributed by atoms with E-state index < -0.39 is 0 Å². The van der Waals surface area contributed by atoms with Crippen LogP contribution in [0.2, 0.25) is 0 Å². The largest absolute Gasteiger partial charge is 0.482 e. The highest BCUT2D eigenvalue weighted by molar-refractivity contribution is 7.09. The van der Waals surface area contributed by atoms with Crippen molar-refractivity contribution in [3.8, 4) is 17.0 Å². The summed E-state index contributed by atoms with van der Waals surface area (Å²) in [5.74, 6) is 0.102. The van der Waals surface area contributed by atoms with Gasteiger partial charge in [0.2, 0.25) is 5.91 Å². The van der Waals surface area contributed by atoms with Crippen LogP contribution < -0.4 is 15.0 Å². The van der Waals surface area contributed by atoms with Crippen molar-refractivity contribution in [3.63, 3.8) is 0 Å². The molecule has 0 fully saturated rings. The predicted molar refractivity (Wildman–Crippen MR) is 129 cm³/mol. The van der Waals surface area contributed by atoms with Gasteiger partial charge in [0, 0.05) is 16.6 Å². The van der Waals surface area contributed by atoms with E-state index in [4.69, 9.17) is 9.72 Å². The molecule has 1 aliphatic heterocycles. The van der Waals surface area contributed by atoms with Crippen molar-refractivity contribution in [1.82, 2.24) is 4.98 Å². The molecule has 166 valence electrons. The third-order valence-corrected chi connectivity index (χ3v) is 6.37. The first-order chi connectivity index (χ1) is 15.4. The van der Waals surface area contributed by atoms with Crippen LogP contribution in [0.1, 0.15) is 35.0 Å². The highest BCUT2D eigenvalue weighted by Gasteiger charge is 2.28. The SMILES string of the molecule is CCCc1nc(-c2ccc3c(c2)N(CC(=O)Nc2c(C)cc(C)cc2C)C(=O)CO3)cs1. The van der Waals surface area contributed by atoms with E-state index in [-0.39, 0.29) is 25.0 Å². The Hall–Kier alpha value is -3.19. The first-order valence-electron chi connectivity index (χ1n) is 10.8. The smallest absolute Gasteiger partial charge is 0.265 e. The van der Waals surface area contributed by atoms with Crippen molar-refractivity contribution in [2.75, 3.05) is 23.4 Å². The Morgan fingerprint density at radius 3 is 2.66 bits per heavy atom. The Balaban J connectivity index is 1.59. The lowest BCUT2D eigenvalue weighted by atomic mass is 10.1. The minimum Gasteiger partial charge on any atom is -0.482 e. The molecule has 0 atom stereocenters. The van der Waals surface area contributed by atoms with Crippen molar-refractivity contribution >= 4 is 34.5 Å². The highest BCUT2D eigenvalue weighted by atomic mass is 32.1. The van der Waals surface area contributed by atoms with Crippen LogP contribution in [0.5, 0.6) is 5.75 Å². The highest BCUT2D eigenvalue weighted by Crippen LogP contribution is 2.36.